The van der Waals surface area contributed by atoms with Crippen LogP contribution in [-0.2, 0) is 4.79 Å². The normalized spacial score (nSPS) is 24.6. The van der Waals surface area contributed by atoms with Crippen molar-refractivity contribution in [2.75, 3.05) is 5.32 Å². The van der Waals surface area contributed by atoms with Crippen molar-refractivity contribution in [3.63, 3.8) is 0 Å². The van der Waals surface area contributed by atoms with Crippen molar-refractivity contribution in [1.82, 2.24) is 9.97 Å². The van der Waals surface area contributed by atoms with Crippen molar-refractivity contribution < 1.29 is 9.18 Å². The number of halogens is 1. The minimum Gasteiger partial charge on any atom is -0.325 e. The van der Waals surface area contributed by atoms with E-state index in [9.17, 15) is 9.18 Å². The van der Waals surface area contributed by atoms with Gasteiger partial charge in [-0.05, 0) is 91.3 Å². The number of benzene rings is 1. The number of amides is 1. The molecule has 156 valence electrons. The number of aromatic nitrogens is 2. The second kappa shape index (κ2) is 8.07. The van der Waals surface area contributed by atoms with Crippen LogP contribution in [0.5, 0.6) is 0 Å². The molecule has 31 heavy (non-hydrogen) atoms. The number of carbonyl (C=O) groups is 1. The third-order valence-corrected chi connectivity index (χ3v) is 6.93. The molecule has 2 saturated carbocycles. The van der Waals surface area contributed by atoms with Crippen LogP contribution < -0.4 is 5.32 Å². The molecule has 0 radical (unpaired) electrons. The van der Waals surface area contributed by atoms with E-state index in [1.165, 1.54) is 17.8 Å². The van der Waals surface area contributed by atoms with E-state index in [2.05, 4.69) is 15.3 Å². The molecule has 5 nitrogen and oxygen atoms in total. The van der Waals surface area contributed by atoms with Crippen LogP contribution in [0.3, 0.4) is 0 Å². The van der Waals surface area contributed by atoms with Crippen molar-refractivity contribution in [2.24, 2.45) is 17.8 Å². The van der Waals surface area contributed by atoms with E-state index in [0.29, 0.717) is 41.5 Å². The van der Waals surface area contributed by atoms with Crippen molar-refractivity contribution >= 4 is 22.5 Å². The molecule has 2 aliphatic carbocycles. The first kappa shape index (κ1) is 19.6. The summed E-state index contributed by atoms with van der Waals surface area (Å²) in [6.07, 6.45) is 8.19. The van der Waals surface area contributed by atoms with E-state index < -0.39 is 0 Å². The highest BCUT2D eigenvalue weighted by Gasteiger charge is 2.42. The number of hydrogen-bond acceptors (Lipinski definition) is 4. The van der Waals surface area contributed by atoms with Crippen LogP contribution in [0.15, 0.2) is 48.8 Å². The molecule has 2 fully saturated rings. The van der Waals surface area contributed by atoms with E-state index in [1.807, 2.05) is 18.3 Å². The van der Waals surface area contributed by atoms with E-state index in [1.54, 1.807) is 24.3 Å². The average Bonchev–Trinajstić information content (AvgIpc) is 3.32. The molecule has 5 rings (SSSR count). The molecule has 4 atom stereocenters. The quantitative estimate of drug-likeness (QED) is 0.637. The largest absolute Gasteiger partial charge is 0.325 e. The second-order valence-corrected chi connectivity index (χ2v) is 8.88. The Labute approximate surface area is 180 Å². The van der Waals surface area contributed by atoms with Gasteiger partial charge in [0.05, 0.1) is 17.4 Å². The van der Waals surface area contributed by atoms with Crippen LogP contribution in [0.25, 0.3) is 10.9 Å². The van der Waals surface area contributed by atoms with Gasteiger partial charge in [0.15, 0.2) is 0 Å². The number of fused-ring (bicyclic) bond motifs is 2. The number of hydrogen-bond donors (Lipinski definition) is 1. The number of nitriles is 1. The minimum atomic E-state index is -0.219. The Hall–Kier alpha value is -3.33. The lowest BCUT2D eigenvalue weighted by atomic mass is 9.89. The second-order valence-electron chi connectivity index (χ2n) is 8.88. The number of nitrogens with one attached hydrogen (secondary N) is 1. The molecule has 3 aromatic rings. The molecule has 2 aliphatic rings. The summed E-state index contributed by atoms with van der Waals surface area (Å²) in [5, 5.41) is 12.6. The third-order valence-electron chi connectivity index (χ3n) is 6.93. The average molecular weight is 414 g/mol. The molecule has 0 saturated heterocycles. The molecule has 1 aromatic carbocycles. The van der Waals surface area contributed by atoms with Gasteiger partial charge in [-0.2, -0.15) is 5.26 Å². The zero-order chi connectivity index (χ0) is 21.4. The topological polar surface area (TPSA) is 78.7 Å². The summed E-state index contributed by atoms with van der Waals surface area (Å²) in [5.41, 5.74) is 3.02. The molecule has 0 bridgehead atoms. The van der Waals surface area contributed by atoms with Gasteiger partial charge in [-0.3, -0.25) is 9.78 Å². The predicted molar refractivity (Wildman–Crippen MR) is 116 cm³/mol. The van der Waals surface area contributed by atoms with E-state index >= 15 is 0 Å². The first-order chi connectivity index (χ1) is 15.1. The maximum Gasteiger partial charge on any atom is 0.224 e. The van der Waals surface area contributed by atoms with Gasteiger partial charge in [0.2, 0.25) is 5.91 Å². The Bertz CT molecular complexity index is 1160. The minimum absolute atomic E-state index is 0.00336. The smallest absolute Gasteiger partial charge is 0.224 e. The highest BCUT2D eigenvalue weighted by molar-refractivity contribution is 5.90. The molecular weight excluding hydrogens is 391 g/mol. The van der Waals surface area contributed by atoms with E-state index in [0.717, 1.165) is 36.6 Å². The van der Waals surface area contributed by atoms with Crippen LogP contribution in [0.1, 0.15) is 49.3 Å². The highest BCUT2D eigenvalue weighted by Crippen LogP contribution is 2.53. The molecule has 0 spiro atoms. The summed E-state index contributed by atoms with van der Waals surface area (Å²) in [4.78, 5) is 20.8. The fraction of sp³-hybridized carbons (Fsp3) is 0.360. The molecule has 2 aromatic heterocycles. The Balaban J connectivity index is 1.20. The Morgan fingerprint density at radius 3 is 2.61 bits per heavy atom. The van der Waals surface area contributed by atoms with Crippen molar-refractivity contribution in [1.29, 1.82) is 5.26 Å². The predicted octanol–water partition coefficient (Wildman–Crippen LogP) is 5.19. The van der Waals surface area contributed by atoms with Gasteiger partial charge in [0.1, 0.15) is 17.6 Å². The van der Waals surface area contributed by atoms with Gasteiger partial charge in [-0.15, -0.1) is 0 Å². The van der Waals surface area contributed by atoms with Gasteiger partial charge in [-0.1, -0.05) is 0 Å². The molecule has 2 unspecified atom stereocenters. The summed E-state index contributed by atoms with van der Waals surface area (Å²) in [5.74, 6) is 1.86. The van der Waals surface area contributed by atoms with Gasteiger partial charge in [-0.25, -0.2) is 9.37 Å². The fourth-order valence-electron chi connectivity index (χ4n) is 5.67. The number of nitrogens with zero attached hydrogens (tertiary/aromatic N) is 3. The van der Waals surface area contributed by atoms with Crippen LogP contribution in [0.4, 0.5) is 10.1 Å². The summed E-state index contributed by atoms with van der Waals surface area (Å²) in [6.45, 7) is 0. The molecule has 1 N–H and O–H groups in total. The van der Waals surface area contributed by atoms with Crippen LogP contribution in [0.2, 0.25) is 0 Å². The van der Waals surface area contributed by atoms with Crippen molar-refractivity contribution in [2.45, 2.75) is 38.0 Å². The molecule has 0 aliphatic heterocycles. The van der Waals surface area contributed by atoms with Crippen LogP contribution in [-0.4, -0.2) is 15.9 Å². The lowest BCUT2D eigenvalue weighted by Crippen LogP contribution is -2.16. The maximum atomic E-state index is 13.8. The monoisotopic (exact) mass is 414 g/mol. The van der Waals surface area contributed by atoms with Crippen molar-refractivity contribution in [3.8, 4) is 6.07 Å². The van der Waals surface area contributed by atoms with E-state index in [-0.39, 0.29) is 11.7 Å². The van der Waals surface area contributed by atoms with Crippen LogP contribution in [0, 0.1) is 34.9 Å². The summed E-state index contributed by atoms with van der Waals surface area (Å²) < 4.78 is 13.8. The fourth-order valence-corrected chi connectivity index (χ4v) is 5.67. The first-order valence-electron chi connectivity index (χ1n) is 10.8. The molecule has 1 amide bonds. The SMILES string of the molecule is N#Cc1ccc(NC(=O)CC2C[C@@H]3CC(c4ccnc5ccc(F)cc45)C[C@@H]3C2)cn1. The van der Waals surface area contributed by atoms with Gasteiger partial charge in [0.25, 0.3) is 0 Å². The lowest BCUT2D eigenvalue weighted by Gasteiger charge is -2.17. The third kappa shape index (κ3) is 4.00. The number of rotatable bonds is 4. The number of carbonyl (C=O) groups excluding carboxylic acids is 1. The van der Waals surface area contributed by atoms with Gasteiger partial charge >= 0.3 is 0 Å². The zero-order valence-corrected chi connectivity index (χ0v) is 17.1. The Morgan fingerprint density at radius 1 is 1.10 bits per heavy atom. The van der Waals surface area contributed by atoms with E-state index in [4.69, 9.17) is 5.26 Å². The summed E-state index contributed by atoms with van der Waals surface area (Å²) in [7, 11) is 0. The molecule has 2 heterocycles. The zero-order valence-electron chi connectivity index (χ0n) is 17.1. The lowest BCUT2D eigenvalue weighted by molar-refractivity contribution is -0.117. The summed E-state index contributed by atoms with van der Waals surface area (Å²) >= 11 is 0. The standard InChI is InChI=1S/C25H23FN4O/c26-19-1-4-24-23(12-19)22(5-6-28-24)18-10-16-7-15(8-17(16)11-18)9-25(31)30-21-3-2-20(13-27)29-14-21/h1-6,12,14-18H,7-11H2,(H,30,31)/t15?,16-,17+,18?. The maximum absolute atomic E-state index is 13.8. The van der Waals surface area contributed by atoms with Crippen molar-refractivity contribution in [3.05, 3.63) is 65.9 Å². The number of pyridine rings is 2. The van der Waals surface area contributed by atoms with Gasteiger partial charge in [0, 0.05) is 18.0 Å². The highest BCUT2D eigenvalue weighted by atomic mass is 19.1. The first-order valence-corrected chi connectivity index (χ1v) is 10.8. The number of anilines is 1. The molecule has 6 heteroatoms. The van der Waals surface area contributed by atoms with Crippen LogP contribution >= 0.6 is 0 Å². The summed E-state index contributed by atoms with van der Waals surface area (Å²) in [6, 6.07) is 12.2. The Morgan fingerprint density at radius 2 is 1.90 bits per heavy atom. The Kier molecular flexibility index (Phi) is 5.11. The molecular formula is C25H23FN4O. The van der Waals surface area contributed by atoms with Gasteiger partial charge < -0.3 is 5.32 Å².